The molecular formula is C18H25FN4O2. The van der Waals surface area contributed by atoms with Gasteiger partial charge in [0, 0.05) is 18.3 Å². The summed E-state index contributed by atoms with van der Waals surface area (Å²) in [7, 11) is 0. The lowest BCUT2D eigenvalue weighted by molar-refractivity contribution is -0.124. The monoisotopic (exact) mass is 348 g/mol. The second kappa shape index (κ2) is 6.11. The normalized spacial score (nSPS) is 33.2. The smallest absolute Gasteiger partial charge is 0.228 e. The number of aromatic nitrogens is 2. The quantitative estimate of drug-likeness (QED) is 0.883. The second-order valence-electron chi connectivity index (χ2n) is 7.45. The van der Waals surface area contributed by atoms with E-state index >= 15 is 0 Å². The predicted octanol–water partition coefficient (Wildman–Crippen LogP) is 2.16. The van der Waals surface area contributed by atoms with Gasteiger partial charge in [0.05, 0.1) is 24.1 Å². The summed E-state index contributed by atoms with van der Waals surface area (Å²) in [6, 6.07) is 0.172. The summed E-state index contributed by atoms with van der Waals surface area (Å²) in [5.74, 6) is 0.711. The Morgan fingerprint density at radius 3 is 3.04 bits per heavy atom. The highest BCUT2D eigenvalue weighted by Gasteiger charge is 2.54. The number of fused-ring (bicyclic) bond motifs is 1. The molecule has 0 radical (unpaired) electrons. The average Bonchev–Trinajstić information content (AvgIpc) is 3.03. The maximum Gasteiger partial charge on any atom is 0.228 e. The number of ether oxygens (including phenoxy) is 1. The van der Waals surface area contributed by atoms with Gasteiger partial charge in [-0.2, -0.15) is 4.98 Å². The first-order valence-corrected chi connectivity index (χ1v) is 9.23. The molecule has 7 heteroatoms. The molecule has 4 rings (SSSR count). The van der Waals surface area contributed by atoms with Crippen LogP contribution in [0.3, 0.4) is 0 Å². The van der Waals surface area contributed by atoms with Crippen LogP contribution in [-0.2, 0) is 4.79 Å². The van der Waals surface area contributed by atoms with Crippen LogP contribution in [-0.4, -0.2) is 46.8 Å². The number of hydrogen-bond acceptors (Lipinski definition) is 5. The summed E-state index contributed by atoms with van der Waals surface area (Å²) in [5, 5.41) is 3.19. The average molecular weight is 348 g/mol. The molecule has 1 aromatic rings. The van der Waals surface area contributed by atoms with E-state index in [1.165, 1.54) is 0 Å². The Labute approximate surface area is 147 Å². The van der Waals surface area contributed by atoms with Crippen LogP contribution >= 0.6 is 0 Å². The third-order valence-electron chi connectivity index (χ3n) is 5.79. The van der Waals surface area contributed by atoms with Gasteiger partial charge in [0.15, 0.2) is 0 Å². The molecule has 3 fully saturated rings. The molecule has 2 heterocycles. The maximum atomic E-state index is 13.2. The van der Waals surface area contributed by atoms with Crippen molar-refractivity contribution in [1.29, 1.82) is 0 Å². The van der Waals surface area contributed by atoms with Crippen molar-refractivity contribution in [3.63, 3.8) is 0 Å². The van der Waals surface area contributed by atoms with Gasteiger partial charge in [-0.1, -0.05) is 0 Å². The van der Waals surface area contributed by atoms with Gasteiger partial charge in [-0.15, -0.1) is 0 Å². The van der Waals surface area contributed by atoms with Crippen LogP contribution < -0.4 is 15.0 Å². The number of aryl methyl sites for hydroxylation is 1. The molecular weight excluding hydrogens is 323 g/mol. The molecule has 0 spiro atoms. The minimum Gasteiger partial charge on any atom is -0.478 e. The first-order valence-electron chi connectivity index (χ1n) is 9.23. The van der Waals surface area contributed by atoms with Gasteiger partial charge in [-0.3, -0.25) is 4.79 Å². The number of carbonyl (C=O) groups excluding carboxylic acids is 1. The van der Waals surface area contributed by atoms with E-state index in [0.29, 0.717) is 24.9 Å². The Morgan fingerprint density at radius 2 is 2.32 bits per heavy atom. The molecule has 0 aromatic carbocycles. The van der Waals surface area contributed by atoms with E-state index in [-0.39, 0.29) is 17.5 Å². The molecule has 1 aromatic heterocycles. The minimum atomic E-state index is -0.956. The van der Waals surface area contributed by atoms with Crippen LogP contribution in [0.4, 0.5) is 10.3 Å². The first-order chi connectivity index (χ1) is 12.0. The molecule has 1 aliphatic heterocycles. The molecule has 136 valence electrons. The summed E-state index contributed by atoms with van der Waals surface area (Å²) >= 11 is 0. The van der Waals surface area contributed by atoms with Crippen LogP contribution in [0.2, 0.25) is 0 Å². The number of alkyl halides is 1. The lowest BCUT2D eigenvalue weighted by atomic mass is 9.92. The fraction of sp³-hybridized carbons (Fsp3) is 0.722. The number of nitrogens with zero attached hydrogens (tertiary/aromatic N) is 3. The summed E-state index contributed by atoms with van der Waals surface area (Å²) in [5.41, 5.74) is 0.651. The summed E-state index contributed by atoms with van der Waals surface area (Å²) < 4.78 is 18.8. The number of nitrogens with one attached hydrogen (secondary N) is 1. The van der Waals surface area contributed by atoms with Gasteiger partial charge in [0.1, 0.15) is 6.17 Å². The highest BCUT2D eigenvalue weighted by Crippen LogP contribution is 2.44. The second-order valence-corrected chi connectivity index (χ2v) is 7.45. The fourth-order valence-corrected chi connectivity index (χ4v) is 4.34. The molecule has 4 atom stereocenters. The highest BCUT2D eigenvalue weighted by atomic mass is 19.1. The van der Waals surface area contributed by atoms with Gasteiger partial charge in [-0.25, -0.2) is 9.37 Å². The van der Waals surface area contributed by atoms with E-state index in [1.54, 1.807) is 6.20 Å². The lowest BCUT2D eigenvalue weighted by Gasteiger charge is -2.33. The number of anilines is 1. The fourth-order valence-electron chi connectivity index (χ4n) is 4.34. The zero-order valence-corrected chi connectivity index (χ0v) is 14.8. The molecule has 6 nitrogen and oxygen atoms in total. The topological polar surface area (TPSA) is 67.3 Å². The third kappa shape index (κ3) is 2.83. The van der Waals surface area contributed by atoms with Crippen LogP contribution in [0.5, 0.6) is 5.88 Å². The molecule has 1 amide bonds. The van der Waals surface area contributed by atoms with E-state index < -0.39 is 12.1 Å². The van der Waals surface area contributed by atoms with E-state index in [0.717, 1.165) is 37.8 Å². The van der Waals surface area contributed by atoms with Crippen LogP contribution in [0.1, 0.15) is 44.6 Å². The highest BCUT2D eigenvalue weighted by molar-refractivity contribution is 5.83. The van der Waals surface area contributed by atoms with Gasteiger partial charge < -0.3 is 15.0 Å². The van der Waals surface area contributed by atoms with Gasteiger partial charge in [0.25, 0.3) is 0 Å². The van der Waals surface area contributed by atoms with E-state index in [9.17, 15) is 9.18 Å². The van der Waals surface area contributed by atoms with E-state index in [1.807, 2.05) is 13.8 Å². The SMILES string of the molecule is CCOc1nc(N2CCC3(NC(=O)C4CC4F)CCCC23)ncc1C. The Bertz CT molecular complexity index is 685. The lowest BCUT2D eigenvalue weighted by Crippen LogP contribution is -2.54. The molecule has 3 aliphatic rings. The standard InChI is InChI=1S/C18H25FN4O2/c1-3-25-16-11(2)10-20-17(21-16)23-8-7-18(6-4-5-14(18)23)22-15(24)12-9-13(12)19/h10,12-14H,3-9H2,1-2H3,(H,22,24). The largest absolute Gasteiger partial charge is 0.478 e. The van der Waals surface area contributed by atoms with E-state index in [4.69, 9.17) is 4.74 Å². The zero-order chi connectivity index (χ0) is 17.6. The molecule has 4 unspecified atom stereocenters. The Hall–Kier alpha value is -1.92. The van der Waals surface area contributed by atoms with Crippen LogP contribution in [0, 0.1) is 12.8 Å². The first kappa shape index (κ1) is 16.5. The molecule has 1 saturated heterocycles. The van der Waals surface area contributed by atoms with Crippen molar-refractivity contribution in [2.45, 2.75) is 63.7 Å². The number of rotatable bonds is 5. The van der Waals surface area contributed by atoms with Gasteiger partial charge >= 0.3 is 0 Å². The maximum absolute atomic E-state index is 13.2. The number of amides is 1. The Morgan fingerprint density at radius 1 is 1.52 bits per heavy atom. The summed E-state index contributed by atoms with van der Waals surface area (Å²) in [4.78, 5) is 23.6. The van der Waals surface area contributed by atoms with E-state index in [2.05, 4.69) is 20.2 Å². The van der Waals surface area contributed by atoms with Crippen molar-refractivity contribution in [1.82, 2.24) is 15.3 Å². The summed E-state index contributed by atoms with van der Waals surface area (Å²) in [6.07, 6.45) is 5.04. The van der Waals surface area contributed by atoms with Crippen LogP contribution in [0.25, 0.3) is 0 Å². The zero-order valence-electron chi connectivity index (χ0n) is 14.8. The third-order valence-corrected chi connectivity index (χ3v) is 5.79. The molecule has 0 bridgehead atoms. The van der Waals surface area contributed by atoms with Crippen LogP contribution in [0.15, 0.2) is 6.20 Å². The number of carbonyl (C=O) groups is 1. The summed E-state index contributed by atoms with van der Waals surface area (Å²) in [6.45, 7) is 5.22. The minimum absolute atomic E-state index is 0.124. The van der Waals surface area contributed by atoms with Gasteiger partial charge in [0.2, 0.25) is 17.7 Å². The van der Waals surface area contributed by atoms with Crippen molar-refractivity contribution in [2.75, 3.05) is 18.1 Å². The number of halogens is 1. The van der Waals surface area contributed by atoms with Crippen molar-refractivity contribution >= 4 is 11.9 Å². The molecule has 1 N–H and O–H groups in total. The predicted molar refractivity (Wildman–Crippen MR) is 91.4 cm³/mol. The Kier molecular flexibility index (Phi) is 4.04. The molecule has 25 heavy (non-hydrogen) atoms. The van der Waals surface area contributed by atoms with Crippen molar-refractivity contribution in [2.24, 2.45) is 5.92 Å². The molecule has 2 aliphatic carbocycles. The number of hydrogen-bond donors (Lipinski definition) is 1. The van der Waals surface area contributed by atoms with Gasteiger partial charge in [-0.05, 0) is 46.0 Å². The Balaban J connectivity index is 1.55. The molecule has 2 saturated carbocycles. The van der Waals surface area contributed by atoms with Crippen molar-refractivity contribution < 1.29 is 13.9 Å². The van der Waals surface area contributed by atoms with Crippen molar-refractivity contribution in [3.05, 3.63) is 11.8 Å². The van der Waals surface area contributed by atoms with Crippen molar-refractivity contribution in [3.8, 4) is 5.88 Å².